The van der Waals surface area contributed by atoms with Crippen LogP contribution in [0.1, 0.15) is 5.56 Å². The highest BCUT2D eigenvalue weighted by Gasteiger charge is 2.14. The smallest absolute Gasteiger partial charge is 0.158 e. The van der Waals surface area contributed by atoms with Gasteiger partial charge in [0.05, 0.1) is 12.3 Å². The van der Waals surface area contributed by atoms with Crippen LogP contribution in [-0.2, 0) is 6.54 Å². The number of fused-ring (bicyclic) bond motifs is 3. The Kier molecular flexibility index (Phi) is 3.34. The highest BCUT2D eigenvalue weighted by atomic mass is 16.3. The summed E-state index contributed by atoms with van der Waals surface area (Å²) in [7, 11) is 1.94. The zero-order valence-electron chi connectivity index (χ0n) is 11.5. The number of hydrogen-bond donors (Lipinski definition) is 2. The number of aliphatic hydroxyl groups is 1. The zero-order chi connectivity index (χ0) is 14.1. The molecule has 0 saturated heterocycles. The minimum Gasteiger partial charge on any atom is -0.454 e. The van der Waals surface area contributed by atoms with E-state index in [0.29, 0.717) is 13.1 Å². The van der Waals surface area contributed by atoms with Crippen LogP contribution in [0.5, 0.6) is 0 Å². The molecule has 0 aliphatic heterocycles. The van der Waals surface area contributed by atoms with Gasteiger partial charge in [0, 0.05) is 30.9 Å². The van der Waals surface area contributed by atoms with E-state index < -0.39 is 0 Å². The van der Waals surface area contributed by atoms with Crippen LogP contribution < -0.4 is 10.6 Å². The van der Waals surface area contributed by atoms with Crippen molar-refractivity contribution in [3.05, 3.63) is 42.0 Å². The zero-order valence-corrected chi connectivity index (χ0v) is 11.5. The third kappa shape index (κ3) is 2.03. The molecule has 4 heteroatoms. The topological polar surface area (TPSA) is 62.6 Å². The molecule has 0 aliphatic carbocycles. The molecule has 4 nitrogen and oxygen atoms in total. The molecule has 0 atom stereocenters. The molecule has 104 valence electrons. The minimum absolute atomic E-state index is 0.102. The van der Waals surface area contributed by atoms with Gasteiger partial charge < -0.3 is 20.2 Å². The molecule has 3 N–H and O–H groups in total. The molecule has 0 bridgehead atoms. The highest BCUT2D eigenvalue weighted by Crippen LogP contribution is 2.35. The average molecular weight is 270 g/mol. The average Bonchev–Trinajstić information content (AvgIpc) is 2.85. The second-order valence-electron chi connectivity index (χ2n) is 4.94. The first-order chi connectivity index (χ1) is 9.74. The SMILES string of the molecule is CN(CCO)c1cc(CN)cc2c1oc1ccccc12. The first-order valence-electron chi connectivity index (χ1n) is 6.71. The normalized spacial score (nSPS) is 11.3. The molecular weight excluding hydrogens is 252 g/mol. The Morgan fingerprint density at radius 3 is 2.75 bits per heavy atom. The van der Waals surface area contributed by atoms with E-state index in [1.807, 2.05) is 36.2 Å². The fraction of sp³-hybridized carbons (Fsp3) is 0.250. The molecule has 20 heavy (non-hydrogen) atoms. The van der Waals surface area contributed by atoms with Gasteiger partial charge in [0.2, 0.25) is 0 Å². The molecule has 0 aliphatic rings. The highest BCUT2D eigenvalue weighted by molar-refractivity contribution is 6.09. The van der Waals surface area contributed by atoms with Gasteiger partial charge in [-0.2, -0.15) is 0 Å². The van der Waals surface area contributed by atoms with Crippen LogP contribution in [0, 0.1) is 0 Å². The van der Waals surface area contributed by atoms with Crippen LogP contribution in [0.3, 0.4) is 0 Å². The number of benzene rings is 2. The summed E-state index contributed by atoms with van der Waals surface area (Å²) >= 11 is 0. The molecule has 1 aromatic heterocycles. The van der Waals surface area contributed by atoms with E-state index in [0.717, 1.165) is 33.2 Å². The van der Waals surface area contributed by atoms with Gasteiger partial charge in [0.1, 0.15) is 5.58 Å². The molecular formula is C16H18N2O2. The molecule has 1 heterocycles. The van der Waals surface area contributed by atoms with Gasteiger partial charge in [0.15, 0.2) is 5.58 Å². The summed E-state index contributed by atoms with van der Waals surface area (Å²) in [4.78, 5) is 1.99. The van der Waals surface area contributed by atoms with Crippen molar-refractivity contribution in [3.63, 3.8) is 0 Å². The minimum atomic E-state index is 0.102. The molecule has 0 amide bonds. The van der Waals surface area contributed by atoms with Gasteiger partial charge in [-0.15, -0.1) is 0 Å². The molecule has 0 unspecified atom stereocenters. The van der Waals surface area contributed by atoms with E-state index in [4.69, 9.17) is 15.3 Å². The Balaban J connectivity index is 2.32. The fourth-order valence-electron chi connectivity index (χ4n) is 2.54. The first-order valence-corrected chi connectivity index (χ1v) is 6.71. The summed E-state index contributed by atoms with van der Waals surface area (Å²) in [5, 5.41) is 11.3. The Labute approximate surface area is 117 Å². The van der Waals surface area contributed by atoms with E-state index in [2.05, 4.69) is 12.1 Å². The molecule has 0 fully saturated rings. The number of para-hydroxylation sites is 1. The Hall–Kier alpha value is -2.04. The lowest BCUT2D eigenvalue weighted by Crippen LogP contribution is -2.21. The van der Waals surface area contributed by atoms with Crippen molar-refractivity contribution in [1.82, 2.24) is 0 Å². The number of nitrogens with zero attached hydrogens (tertiary/aromatic N) is 1. The van der Waals surface area contributed by atoms with Crippen molar-refractivity contribution >= 4 is 27.6 Å². The standard InChI is InChI=1S/C16H18N2O2/c1-18(6-7-19)14-9-11(10-17)8-13-12-4-2-3-5-15(12)20-16(13)14/h2-5,8-9,19H,6-7,10,17H2,1H3. The van der Waals surface area contributed by atoms with Gasteiger partial charge in [-0.3, -0.25) is 0 Å². The first kappa shape index (κ1) is 13.0. The van der Waals surface area contributed by atoms with Crippen molar-refractivity contribution in [2.75, 3.05) is 25.1 Å². The van der Waals surface area contributed by atoms with Crippen LogP contribution in [-0.4, -0.2) is 25.3 Å². The van der Waals surface area contributed by atoms with Crippen LogP contribution in [0.15, 0.2) is 40.8 Å². The number of anilines is 1. The van der Waals surface area contributed by atoms with E-state index in [1.54, 1.807) is 0 Å². The molecule has 0 saturated carbocycles. The van der Waals surface area contributed by atoms with Gasteiger partial charge in [-0.1, -0.05) is 18.2 Å². The summed E-state index contributed by atoms with van der Waals surface area (Å²) < 4.78 is 5.99. The fourth-order valence-corrected chi connectivity index (χ4v) is 2.54. The summed E-state index contributed by atoms with van der Waals surface area (Å²) in [6.45, 7) is 1.14. The molecule has 0 radical (unpaired) electrons. The summed E-state index contributed by atoms with van der Waals surface area (Å²) in [6, 6.07) is 12.1. The number of hydrogen-bond acceptors (Lipinski definition) is 4. The molecule has 0 spiro atoms. The van der Waals surface area contributed by atoms with E-state index >= 15 is 0 Å². The van der Waals surface area contributed by atoms with E-state index in [9.17, 15) is 0 Å². The largest absolute Gasteiger partial charge is 0.454 e. The van der Waals surface area contributed by atoms with Gasteiger partial charge in [-0.05, 0) is 23.8 Å². The lowest BCUT2D eigenvalue weighted by molar-refractivity contribution is 0.304. The third-order valence-corrected chi connectivity index (χ3v) is 3.60. The maximum absolute atomic E-state index is 9.14. The molecule has 2 aromatic carbocycles. The van der Waals surface area contributed by atoms with Crippen LogP contribution in [0.4, 0.5) is 5.69 Å². The van der Waals surface area contributed by atoms with Crippen LogP contribution in [0.25, 0.3) is 21.9 Å². The van der Waals surface area contributed by atoms with E-state index in [1.165, 1.54) is 0 Å². The van der Waals surface area contributed by atoms with Crippen molar-refractivity contribution < 1.29 is 9.52 Å². The van der Waals surface area contributed by atoms with Crippen LogP contribution >= 0.6 is 0 Å². The van der Waals surface area contributed by atoms with Crippen molar-refractivity contribution in [1.29, 1.82) is 0 Å². The second kappa shape index (κ2) is 5.15. The predicted molar refractivity (Wildman–Crippen MR) is 82.0 cm³/mol. The lowest BCUT2D eigenvalue weighted by Gasteiger charge is -2.19. The maximum atomic E-state index is 9.14. The second-order valence-corrected chi connectivity index (χ2v) is 4.94. The maximum Gasteiger partial charge on any atom is 0.158 e. The number of nitrogens with two attached hydrogens (primary N) is 1. The number of rotatable bonds is 4. The van der Waals surface area contributed by atoms with E-state index in [-0.39, 0.29) is 6.61 Å². The number of aliphatic hydroxyl groups excluding tert-OH is 1. The summed E-state index contributed by atoms with van der Waals surface area (Å²) in [6.07, 6.45) is 0. The summed E-state index contributed by atoms with van der Waals surface area (Å²) in [5.41, 5.74) is 9.54. The Morgan fingerprint density at radius 1 is 1.20 bits per heavy atom. The molecule has 3 aromatic rings. The van der Waals surface area contributed by atoms with Crippen molar-refractivity contribution in [3.8, 4) is 0 Å². The monoisotopic (exact) mass is 270 g/mol. The quantitative estimate of drug-likeness (QED) is 0.764. The Morgan fingerprint density at radius 2 is 2.00 bits per heavy atom. The summed E-state index contributed by atoms with van der Waals surface area (Å²) in [5.74, 6) is 0. The third-order valence-electron chi connectivity index (χ3n) is 3.60. The van der Waals surface area contributed by atoms with Crippen LogP contribution in [0.2, 0.25) is 0 Å². The number of likely N-dealkylation sites (N-methyl/N-ethyl adjacent to an activating group) is 1. The molecule has 3 rings (SSSR count). The Bertz CT molecular complexity index is 749. The van der Waals surface area contributed by atoms with Crippen molar-refractivity contribution in [2.45, 2.75) is 6.54 Å². The lowest BCUT2D eigenvalue weighted by atomic mass is 10.1. The van der Waals surface area contributed by atoms with Gasteiger partial charge >= 0.3 is 0 Å². The number of furan rings is 1. The predicted octanol–water partition coefficient (Wildman–Crippen LogP) is 2.47. The van der Waals surface area contributed by atoms with Crippen molar-refractivity contribution in [2.24, 2.45) is 5.73 Å². The van der Waals surface area contributed by atoms with Gasteiger partial charge in [-0.25, -0.2) is 0 Å². The van der Waals surface area contributed by atoms with Gasteiger partial charge in [0.25, 0.3) is 0 Å².